The van der Waals surface area contributed by atoms with Crippen molar-refractivity contribution >= 4 is 22.8 Å². The SMILES string of the molecule is CC[C@H]1CN(C(=O)Nc2ccc(CN3CCN(C)CC3)c(C(F)(F)F)c2)Cc2cc(Oc3ccnc4[nH]c(C5CC5)cc34)cnc21. The standard InChI is InChI=1S/C34H38F3N7O2/c1-3-21-19-44(33(45)40-25-7-6-23(28(15-25)34(35,36)37)18-43-12-10-42(2)11-13-43)20-24-14-26(17-39-31(21)24)46-30-8-9-38-32-27(30)16-29(41-32)22-4-5-22/h6-9,14-17,21-22H,3-5,10-13,18-20H2,1-2H3,(H,38,41)(H,40,45)/t21-/m0/s1. The summed E-state index contributed by atoms with van der Waals surface area (Å²) in [5, 5.41) is 3.64. The van der Waals surface area contributed by atoms with Gasteiger partial charge in [0.25, 0.3) is 0 Å². The van der Waals surface area contributed by atoms with Gasteiger partial charge >= 0.3 is 12.2 Å². The molecule has 1 atom stereocenters. The van der Waals surface area contributed by atoms with Gasteiger partial charge in [0.2, 0.25) is 0 Å². The molecule has 2 N–H and O–H groups in total. The fourth-order valence-electron chi connectivity index (χ4n) is 6.51. The van der Waals surface area contributed by atoms with Gasteiger partial charge in [-0.3, -0.25) is 9.88 Å². The molecule has 0 unspecified atom stereocenters. The molecule has 5 heterocycles. The fraction of sp³-hybridized carbons (Fsp3) is 0.441. The number of urea groups is 1. The van der Waals surface area contributed by atoms with Gasteiger partial charge in [-0.05, 0) is 73.7 Å². The second-order valence-corrected chi connectivity index (χ2v) is 12.8. The number of aromatic nitrogens is 3. The van der Waals surface area contributed by atoms with Crippen molar-refractivity contribution < 1.29 is 22.7 Å². The number of pyridine rings is 2. The van der Waals surface area contributed by atoms with Crippen molar-refractivity contribution in [2.75, 3.05) is 45.1 Å². The van der Waals surface area contributed by atoms with Gasteiger partial charge in [0.05, 0.1) is 22.8 Å². The Hall–Kier alpha value is -4.16. The molecule has 1 saturated carbocycles. The minimum absolute atomic E-state index is 0.0151. The van der Waals surface area contributed by atoms with E-state index in [1.54, 1.807) is 23.4 Å². The number of H-pyrrole nitrogens is 1. The Morgan fingerprint density at radius 1 is 1.09 bits per heavy atom. The normalized spacial score (nSPS) is 19.3. The number of carbonyl (C=O) groups excluding carboxylic acids is 1. The maximum Gasteiger partial charge on any atom is 0.416 e. The highest BCUT2D eigenvalue weighted by Crippen LogP contribution is 2.42. The number of halogens is 3. The summed E-state index contributed by atoms with van der Waals surface area (Å²) in [6, 6.07) is 9.48. The molecule has 242 valence electrons. The zero-order valence-corrected chi connectivity index (χ0v) is 26.0. The van der Waals surface area contributed by atoms with Gasteiger partial charge in [-0.2, -0.15) is 13.2 Å². The Morgan fingerprint density at radius 2 is 1.89 bits per heavy atom. The summed E-state index contributed by atoms with van der Waals surface area (Å²) in [4.78, 5) is 31.9. The number of nitrogens with one attached hydrogen (secondary N) is 2. The lowest BCUT2D eigenvalue weighted by molar-refractivity contribution is -0.138. The molecule has 3 aliphatic rings. The van der Waals surface area contributed by atoms with Gasteiger partial charge in [0, 0.05) is 69.3 Å². The van der Waals surface area contributed by atoms with Crippen LogP contribution in [0.1, 0.15) is 66.1 Å². The zero-order chi connectivity index (χ0) is 32.0. The topological polar surface area (TPSA) is 89.6 Å². The third-order valence-electron chi connectivity index (χ3n) is 9.36. The number of rotatable bonds is 7. The number of benzene rings is 1. The first-order chi connectivity index (χ1) is 22.1. The molecule has 12 heteroatoms. The van der Waals surface area contributed by atoms with E-state index in [0.29, 0.717) is 37.1 Å². The maximum absolute atomic E-state index is 14.1. The molecule has 9 nitrogen and oxygen atoms in total. The molecule has 0 radical (unpaired) electrons. The van der Waals surface area contributed by atoms with E-state index in [2.05, 4.69) is 26.3 Å². The maximum atomic E-state index is 14.1. The van der Waals surface area contributed by atoms with Crippen molar-refractivity contribution in [3.8, 4) is 11.5 Å². The quantitative estimate of drug-likeness (QED) is 0.229. The van der Waals surface area contributed by atoms with E-state index in [9.17, 15) is 18.0 Å². The van der Waals surface area contributed by atoms with Crippen molar-refractivity contribution in [1.29, 1.82) is 0 Å². The van der Waals surface area contributed by atoms with Crippen molar-refractivity contribution in [3.63, 3.8) is 0 Å². The van der Waals surface area contributed by atoms with Crippen molar-refractivity contribution in [1.82, 2.24) is 29.7 Å². The lowest BCUT2D eigenvalue weighted by Crippen LogP contribution is -2.44. The molecule has 1 aromatic carbocycles. The Balaban J connectivity index is 1.08. The van der Waals surface area contributed by atoms with E-state index < -0.39 is 17.8 Å². The van der Waals surface area contributed by atoms with E-state index >= 15 is 0 Å². The van der Waals surface area contributed by atoms with Crippen LogP contribution in [-0.4, -0.2) is 75.5 Å². The van der Waals surface area contributed by atoms with Crippen LogP contribution in [0, 0.1) is 0 Å². The summed E-state index contributed by atoms with van der Waals surface area (Å²) in [6.45, 7) is 5.98. The molecule has 2 aliphatic heterocycles. The van der Waals surface area contributed by atoms with Crippen LogP contribution in [0.2, 0.25) is 0 Å². The number of aromatic amines is 1. The number of ether oxygens (including phenoxy) is 1. The van der Waals surface area contributed by atoms with Crippen molar-refractivity contribution in [3.05, 3.63) is 76.9 Å². The largest absolute Gasteiger partial charge is 0.455 e. The average molecular weight is 634 g/mol. The first-order valence-corrected chi connectivity index (χ1v) is 16.0. The molecule has 2 amide bonds. The highest BCUT2D eigenvalue weighted by molar-refractivity contribution is 5.89. The first kappa shape index (κ1) is 30.5. The number of nitrogens with zero attached hydrogens (tertiary/aromatic N) is 5. The Morgan fingerprint density at radius 3 is 2.63 bits per heavy atom. The molecule has 4 aromatic rings. The Bertz CT molecular complexity index is 1740. The second-order valence-electron chi connectivity index (χ2n) is 12.8. The van der Waals surface area contributed by atoms with Crippen LogP contribution < -0.4 is 10.1 Å². The summed E-state index contributed by atoms with van der Waals surface area (Å²) in [5.74, 6) is 1.75. The lowest BCUT2D eigenvalue weighted by atomic mass is 9.92. The molecule has 0 spiro atoms. The van der Waals surface area contributed by atoms with E-state index in [4.69, 9.17) is 9.72 Å². The van der Waals surface area contributed by atoms with E-state index in [1.165, 1.54) is 24.6 Å². The summed E-state index contributed by atoms with van der Waals surface area (Å²) < 4.78 is 48.7. The Kier molecular flexibility index (Phi) is 8.10. The predicted octanol–water partition coefficient (Wildman–Crippen LogP) is 6.94. The summed E-state index contributed by atoms with van der Waals surface area (Å²) in [6.07, 6.45) is 1.97. The number of alkyl halides is 3. The smallest absolute Gasteiger partial charge is 0.416 e. The number of hydrogen-bond acceptors (Lipinski definition) is 6. The summed E-state index contributed by atoms with van der Waals surface area (Å²) in [7, 11) is 2.01. The highest BCUT2D eigenvalue weighted by Gasteiger charge is 2.35. The lowest BCUT2D eigenvalue weighted by Gasteiger charge is -2.34. The van der Waals surface area contributed by atoms with Crippen molar-refractivity contribution in [2.24, 2.45) is 0 Å². The van der Waals surface area contributed by atoms with Crippen LogP contribution in [0.4, 0.5) is 23.7 Å². The number of anilines is 1. The molecule has 1 aliphatic carbocycles. The highest BCUT2D eigenvalue weighted by atomic mass is 19.4. The third-order valence-corrected chi connectivity index (χ3v) is 9.36. The molecular formula is C34H38F3N7O2. The van der Waals surface area contributed by atoms with Gasteiger partial charge in [-0.15, -0.1) is 0 Å². The van der Waals surface area contributed by atoms with Gasteiger partial charge < -0.3 is 24.8 Å². The number of likely N-dealkylation sites (N-methyl/N-ethyl adjacent to an activating group) is 1. The predicted molar refractivity (Wildman–Crippen MR) is 169 cm³/mol. The number of carbonyl (C=O) groups is 1. The number of fused-ring (bicyclic) bond motifs is 2. The number of piperazine rings is 1. The molecule has 0 bridgehead atoms. The summed E-state index contributed by atoms with van der Waals surface area (Å²) >= 11 is 0. The monoisotopic (exact) mass is 633 g/mol. The minimum Gasteiger partial charge on any atom is -0.455 e. The zero-order valence-electron chi connectivity index (χ0n) is 26.0. The van der Waals surface area contributed by atoms with Crippen LogP contribution in [0.25, 0.3) is 11.0 Å². The fourth-order valence-corrected chi connectivity index (χ4v) is 6.51. The van der Waals surface area contributed by atoms with Crippen LogP contribution in [0.15, 0.2) is 48.8 Å². The van der Waals surface area contributed by atoms with E-state index in [0.717, 1.165) is 47.9 Å². The van der Waals surface area contributed by atoms with E-state index in [1.807, 2.05) is 31.0 Å². The molecule has 3 aromatic heterocycles. The van der Waals surface area contributed by atoms with Gasteiger partial charge in [-0.1, -0.05) is 13.0 Å². The second kappa shape index (κ2) is 12.2. The van der Waals surface area contributed by atoms with Crippen LogP contribution >= 0.6 is 0 Å². The van der Waals surface area contributed by atoms with Gasteiger partial charge in [0.1, 0.15) is 17.1 Å². The molecule has 2 fully saturated rings. The number of hydrogen-bond donors (Lipinski definition) is 2. The van der Waals surface area contributed by atoms with E-state index in [-0.39, 0.29) is 30.3 Å². The van der Waals surface area contributed by atoms with Gasteiger partial charge in [-0.25, -0.2) is 9.78 Å². The summed E-state index contributed by atoms with van der Waals surface area (Å²) in [5.41, 5.74) is 3.31. The Labute approximate surface area is 265 Å². The van der Waals surface area contributed by atoms with Crippen LogP contribution in [-0.2, 0) is 19.3 Å². The first-order valence-electron chi connectivity index (χ1n) is 16.0. The number of amides is 2. The van der Waals surface area contributed by atoms with Crippen molar-refractivity contribution in [2.45, 2.75) is 57.3 Å². The average Bonchev–Trinajstić information content (AvgIpc) is 3.80. The molecule has 1 saturated heterocycles. The third kappa shape index (κ3) is 6.41. The van der Waals surface area contributed by atoms with Gasteiger partial charge in [0.15, 0.2) is 0 Å². The molecule has 46 heavy (non-hydrogen) atoms. The molecule has 7 rings (SSSR count). The minimum atomic E-state index is -4.54. The van der Waals surface area contributed by atoms with Crippen LogP contribution in [0.3, 0.4) is 0 Å². The molecular weight excluding hydrogens is 595 g/mol. The van der Waals surface area contributed by atoms with Crippen LogP contribution in [0.5, 0.6) is 11.5 Å².